The molecule has 0 aliphatic rings. The Balaban J connectivity index is 3.34. The summed E-state index contributed by atoms with van der Waals surface area (Å²) < 4.78 is 12.7. The van der Waals surface area contributed by atoms with Crippen molar-refractivity contribution < 1.29 is 4.39 Å². The fourth-order valence-corrected chi connectivity index (χ4v) is 0.699. The Morgan fingerprint density at radius 3 is 2.67 bits per heavy atom. The first-order valence-corrected chi connectivity index (χ1v) is 3.03. The smallest absolute Gasteiger partial charge is 0.210 e. The van der Waals surface area contributed by atoms with Gasteiger partial charge >= 0.3 is 0 Å². The number of aromatic nitrogens is 1. The molecule has 0 atom stereocenters. The van der Waals surface area contributed by atoms with Crippen molar-refractivity contribution in [3.63, 3.8) is 0 Å². The van der Waals surface area contributed by atoms with Crippen LogP contribution in [0.4, 0.5) is 4.39 Å². The summed E-state index contributed by atoms with van der Waals surface area (Å²) >= 11 is 9.93. The quantitative estimate of drug-likeness (QED) is 0.459. The van der Waals surface area contributed by atoms with Crippen LogP contribution in [0, 0.1) is 10.6 Å². The molecule has 0 radical (unpaired) electrons. The third-order valence-electron chi connectivity index (χ3n) is 0.824. The molecule has 1 nitrogen and oxygen atoms in total. The van der Waals surface area contributed by atoms with Gasteiger partial charge in [0.15, 0.2) is 0 Å². The van der Waals surface area contributed by atoms with E-state index in [0.717, 1.165) is 0 Å². The summed E-state index contributed by atoms with van der Waals surface area (Å²) in [6, 6.07) is 2.94. The van der Waals surface area contributed by atoms with Crippen molar-refractivity contribution in [3.8, 4) is 0 Å². The molecule has 1 rings (SSSR count). The van der Waals surface area contributed by atoms with Crippen LogP contribution < -0.4 is 0 Å². The number of pyridine rings is 1. The largest absolute Gasteiger partial charge is 0.322 e. The predicted octanol–water partition coefficient (Wildman–Crippen LogP) is 2.54. The van der Waals surface area contributed by atoms with Crippen LogP contribution in [-0.2, 0) is 0 Å². The molecular weight excluding hydrogens is 161 g/mol. The molecular formula is C5H3ClFNS. The Hall–Kier alpha value is -0.410. The van der Waals surface area contributed by atoms with E-state index in [1.807, 2.05) is 0 Å². The van der Waals surface area contributed by atoms with Gasteiger partial charge in [-0.15, -0.1) is 0 Å². The molecule has 0 unspecified atom stereocenters. The summed E-state index contributed by atoms with van der Waals surface area (Å²) in [5.41, 5.74) is 0. The van der Waals surface area contributed by atoms with Crippen molar-refractivity contribution in [1.82, 2.24) is 4.98 Å². The van der Waals surface area contributed by atoms with Gasteiger partial charge in [0.2, 0.25) is 5.95 Å². The fraction of sp³-hybridized carbons (Fsp3) is 0. The molecule has 0 aromatic carbocycles. The Morgan fingerprint density at radius 1 is 1.56 bits per heavy atom. The minimum atomic E-state index is -0.579. The summed E-state index contributed by atoms with van der Waals surface area (Å²) in [6.07, 6.45) is 0. The second-order valence-corrected chi connectivity index (χ2v) is 2.33. The molecule has 4 heteroatoms. The number of rotatable bonds is 0. The van der Waals surface area contributed by atoms with Crippen LogP contribution in [0.25, 0.3) is 0 Å². The number of hydrogen-bond donors (Lipinski definition) is 1. The van der Waals surface area contributed by atoms with Crippen LogP contribution >= 0.6 is 23.8 Å². The van der Waals surface area contributed by atoms with Crippen molar-refractivity contribution in [1.29, 1.82) is 0 Å². The average molecular weight is 164 g/mol. The molecule has 9 heavy (non-hydrogen) atoms. The van der Waals surface area contributed by atoms with E-state index in [9.17, 15) is 4.39 Å². The average Bonchev–Trinajstić information content (AvgIpc) is 1.80. The minimum Gasteiger partial charge on any atom is -0.322 e. The molecule has 0 bridgehead atoms. The van der Waals surface area contributed by atoms with E-state index in [-0.39, 0.29) is 5.02 Å². The second kappa shape index (κ2) is 2.45. The van der Waals surface area contributed by atoms with Crippen molar-refractivity contribution >= 4 is 23.8 Å². The molecule has 1 aromatic rings. The number of hydrogen-bond acceptors (Lipinski definition) is 1. The van der Waals surface area contributed by atoms with Gasteiger partial charge in [0.25, 0.3) is 0 Å². The second-order valence-electron chi connectivity index (χ2n) is 1.48. The van der Waals surface area contributed by atoms with Crippen LogP contribution in [0.1, 0.15) is 0 Å². The van der Waals surface area contributed by atoms with E-state index in [2.05, 4.69) is 17.2 Å². The first-order chi connectivity index (χ1) is 4.20. The zero-order chi connectivity index (χ0) is 6.85. The third-order valence-corrected chi connectivity index (χ3v) is 1.35. The van der Waals surface area contributed by atoms with Gasteiger partial charge in [-0.25, -0.2) is 0 Å². The summed E-state index contributed by atoms with van der Waals surface area (Å²) in [5.74, 6) is -0.579. The van der Waals surface area contributed by atoms with Gasteiger partial charge in [-0.05, 0) is 12.1 Å². The maximum atomic E-state index is 12.3. The molecule has 1 N–H and O–H groups in total. The van der Waals surface area contributed by atoms with Crippen molar-refractivity contribution in [2.45, 2.75) is 0 Å². The Labute approximate surface area is 61.5 Å². The van der Waals surface area contributed by atoms with Gasteiger partial charge in [0.1, 0.15) is 4.64 Å². The molecule has 1 heterocycles. The highest BCUT2D eigenvalue weighted by molar-refractivity contribution is 7.71. The highest BCUT2D eigenvalue weighted by Crippen LogP contribution is 2.09. The molecule has 0 amide bonds. The normalized spacial score (nSPS) is 9.56. The van der Waals surface area contributed by atoms with Crippen LogP contribution in [0.3, 0.4) is 0 Å². The number of H-pyrrole nitrogens is 1. The van der Waals surface area contributed by atoms with Crippen LogP contribution in [0.15, 0.2) is 12.1 Å². The maximum absolute atomic E-state index is 12.3. The SMILES string of the molecule is Fc1[nH]c(=S)ccc1Cl. The summed E-state index contributed by atoms with van der Waals surface area (Å²) in [7, 11) is 0. The number of nitrogens with one attached hydrogen (secondary N) is 1. The van der Waals surface area contributed by atoms with Gasteiger partial charge < -0.3 is 4.98 Å². The standard InChI is InChI=1S/C5H3ClFNS/c6-3-1-2-4(9)8-5(3)7/h1-2H,(H,8,9). The van der Waals surface area contributed by atoms with Crippen LogP contribution in [0.2, 0.25) is 5.02 Å². The maximum Gasteiger partial charge on any atom is 0.210 e. The molecule has 48 valence electrons. The van der Waals surface area contributed by atoms with Gasteiger partial charge in [0.05, 0.1) is 5.02 Å². The number of aromatic amines is 1. The number of halogens is 2. The van der Waals surface area contributed by atoms with Crippen LogP contribution in [-0.4, -0.2) is 4.98 Å². The van der Waals surface area contributed by atoms with Gasteiger partial charge in [-0.1, -0.05) is 23.8 Å². The molecule has 0 spiro atoms. The molecule has 0 saturated carbocycles. The zero-order valence-electron chi connectivity index (χ0n) is 4.32. The molecule has 0 saturated heterocycles. The minimum absolute atomic E-state index is 0.0589. The lowest BCUT2D eigenvalue weighted by Crippen LogP contribution is -1.81. The van der Waals surface area contributed by atoms with Gasteiger partial charge in [0, 0.05) is 0 Å². The highest BCUT2D eigenvalue weighted by Gasteiger charge is 1.94. The van der Waals surface area contributed by atoms with E-state index in [1.165, 1.54) is 12.1 Å². The molecule has 0 aliphatic carbocycles. The molecule has 0 fully saturated rings. The van der Waals surface area contributed by atoms with Gasteiger partial charge in [-0.3, -0.25) is 0 Å². The summed E-state index contributed by atoms with van der Waals surface area (Å²) in [5, 5.41) is 0.0589. The van der Waals surface area contributed by atoms with E-state index >= 15 is 0 Å². The Bertz CT molecular complexity index is 270. The zero-order valence-corrected chi connectivity index (χ0v) is 5.89. The Kier molecular flexibility index (Phi) is 1.83. The van der Waals surface area contributed by atoms with E-state index < -0.39 is 5.95 Å². The third kappa shape index (κ3) is 1.50. The monoisotopic (exact) mass is 163 g/mol. The Morgan fingerprint density at radius 2 is 2.22 bits per heavy atom. The summed E-state index contributed by atoms with van der Waals surface area (Å²) in [6.45, 7) is 0. The highest BCUT2D eigenvalue weighted by atomic mass is 35.5. The lowest BCUT2D eigenvalue weighted by molar-refractivity contribution is 0.582. The fourth-order valence-electron chi connectivity index (χ4n) is 0.432. The summed E-state index contributed by atoms with van der Waals surface area (Å²) in [4.78, 5) is 2.25. The first kappa shape index (κ1) is 6.71. The topological polar surface area (TPSA) is 15.8 Å². The van der Waals surface area contributed by atoms with Crippen molar-refractivity contribution in [3.05, 3.63) is 27.7 Å². The lowest BCUT2D eigenvalue weighted by Gasteiger charge is -1.89. The predicted molar refractivity (Wildman–Crippen MR) is 36.6 cm³/mol. The van der Waals surface area contributed by atoms with Crippen molar-refractivity contribution in [2.24, 2.45) is 0 Å². The molecule has 1 aromatic heterocycles. The lowest BCUT2D eigenvalue weighted by atomic mass is 10.5. The first-order valence-electron chi connectivity index (χ1n) is 2.24. The van der Waals surface area contributed by atoms with Crippen LogP contribution in [0.5, 0.6) is 0 Å². The van der Waals surface area contributed by atoms with E-state index in [4.69, 9.17) is 11.6 Å². The van der Waals surface area contributed by atoms with E-state index in [1.54, 1.807) is 0 Å². The van der Waals surface area contributed by atoms with Crippen molar-refractivity contribution in [2.75, 3.05) is 0 Å². The van der Waals surface area contributed by atoms with E-state index in [0.29, 0.717) is 4.64 Å². The molecule has 0 aliphatic heterocycles. The van der Waals surface area contributed by atoms with Gasteiger partial charge in [-0.2, -0.15) is 4.39 Å².